The third kappa shape index (κ3) is 2.59. The predicted molar refractivity (Wildman–Crippen MR) is 64.4 cm³/mol. The van der Waals surface area contributed by atoms with Crippen LogP contribution in [0, 0.1) is 0 Å². The number of thiazole rings is 1. The maximum Gasteiger partial charge on any atom is 0.240 e. The molecule has 0 saturated heterocycles. The minimum Gasteiger partial charge on any atom is -0.354 e. The fourth-order valence-electron chi connectivity index (χ4n) is 1.45. The lowest BCUT2D eigenvalue weighted by atomic mass is 10.2. The van der Waals surface area contributed by atoms with Crippen molar-refractivity contribution in [2.24, 2.45) is 5.73 Å². The van der Waals surface area contributed by atoms with Gasteiger partial charge < -0.3 is 11.1 Å². The SMILES string of the molecule is CCc1cnc(CCNC(=O)C2(N)CC2)s1. The molecule has 2 rings (SSSR count). The average molecular weight is 239 g/mol. The van der Waals surface area contributed by atoms with Gasteiger partial charge in [0.15, 0.2) is 0 Å². The zero-order valence-electron chi connectivity index (χ0n) is 9.45. The summed E-state index contributed by atoms with van der Waals surface area (Å²) < 4.78 is 0. The number of amides is 1. The molecule has 0 aliphatic heterocycles. The van der Waals surface area contributed by atoms with E-state index in [1.54, 1.807) is 11.3 Å². The number of nitrogens with zero attached hydrogens (tertiary/aromatic N) is 1. The van der Waals surface area contributed by atoms with E-state index in [0.29, 0.717) is 6.54 Å². The molecule has 0 unspecified atom stereocenters. The smallest absolute Gasteiger partial charge is 0.240 e. The zero-order chi connectivity index (χ0) is 11.6. The third-order valence-electron chi connectivity index (χ3n) is 2.82. The highest BCUT2D eigenvalue weighted by Gasteiger charge is 2.45. The first-order valence-corrected chi connectivity index (χ1v) is 6.46. The van der Waals surface area contributed by atoms with Gasteiger partial charge in [-0.1, -0.05) is 6.92 Å². The second-order valence-corrected chi connectivity index (χ2v) is 5.44. The number of hydrogen-bond acceptors (Lipinski definition) is 4. The molecular formula is C11H17N3OS. The molecule has 16 heavy (non-hydrogen) atoms. The summed E-state index contributed by atoms with van der Waals surface area (Å²) in [5.74, 6) is -0.0141. The van der Waals surface area contributed by atoms with Crippen LogP contribution < -0.4 is 11.1 Å². The molecule has 4 nitrogen and oxygen atoms in total. The minimum atomic E-state index is -0.558. The molecule has 5 heteroatoms. The molecule has 1 heterocycles. The Bertz CT molecular complexity index is 384. The summed E-state index contributed by atoms with van der Waals surface area (Å²) >= 11 is 1.71. The highest BCUT2D eigenvalue weighted by atomic mass is 32.1. The van der Waals surface area contributed by atoms with Crippen molar-refractivity contribution in [2.75, 3.05) is 6.54 Å². The first-order chi connectivity index (χ1) is 7.64. The van der Waals surface area contributed by atoms with E-state index in [4.69, 9.17) is 5.73 Å². The number of hydrogen-bond donors (Lipinski definition) is 2. The van der Waals surface area contributed by atoms with Crippen molar-refractivity contribution in [3.63, 3.8) is 0 Å². The number of aromatic nitrogens is 1. The van der Waals surface area contributed by atoms with E-state index in [9.17, 15) is 4.79 Å². The van der Waals surface area contributed by atoms with Crippen LogP contribution in [0.25, 0.3) is 0 Å². The van der Waals surface area contributed by atoms with Gasteiger partial charge in [-0.25, -0.2) is 4.98 Å². The van der Waals surface area contributed by atoms with Gasteiger partial charge >= 0.3 is 0 Å². The fraction of sp³-hybridized carbons (Fsp3) is 0.636. The van der Waals surface area contributed by atoms with Crippen LogP contribution in [0.4, 0.5) is 0 Å². The molecule has 0 atom stereocenters. The van der Waals surface area contributed by atoms with Gasteiger partial charge in [0.05, 0.1) is 10.5 Å². The van der Waals surface area contributed by atoms with Crippen molar-refractivity contribution >= 4 is 17.2 Å². The number of aryl methyl sites for hydroxylation is 1. The number of carbonyl (C=O) groups excluding carboxylic acids is 1. The van der Waals surface area contributed by atoms with Crippen LogP contribution >= 0.6 is 11.3 Å². The molecule has 0 spiro atoms. The van der Waals surface area contributed by atoms with Crippen molar-refractivity contribution in [3.8, 4) is 0 Å². The summed E-state index contributed by atoms with van der Waals surface area (Å²) in [5, 5.41) is 3.95. The quantitative estimate of drug-likeness (QED) is 0.800. The molecule has 1 aliphatic carbocycles. The van der Waals surface area contributed by atoms with Crippen LogP contribution in [0.5, 0.6) is 0 Å². The van der Waals surface area contributed by atoms with Gasteiger partial charge in [0.25, 0.3) is 0 Å². The number of carbonyl (C=O) groups is 1. The largest absolute Gasteiger partial charge is 0.354 e. The van der Waals surface area contributed by atoms with Gasteiger partial charge in [-0.3, -0.25) is 4.79 Å². The van der Waals surface area contributed by atoms with Crippen molar-refractivity contribution in [1.29, 1.82) is 0 Å². The Morgan fingerprint density at radius 3 is 3.00 bits per heavy atom. The normalized spacial score (nSPS) is 17.1. The molecule has 1 aromatic rings. The van der Waals surface area contributed by atoms with Crippen LogP contribution in [0.3, 0.4) is 0 Å². The molecule has 0 radical (unpaired) electrons. The molecule has 0 aromatic carbocycles. The second kappa shape index (κ2) is 4.51. The predicted octanol–water partition coefficient (Wildman–Crippen LogP) is 0.855. The topological polar surface area (TPSA) is 68.0 Å². The van der Waals surface area contributed by atoms with Gasteiger partial charge in [-0.15, -0.1) is 11.3 Å². The highest BCUT2D eigenvalue weighted by Crippen LogP contribution is 2.31. The fourth-order valence-corrected chi connectivity index (χ4v) is 2.31. The maximum absolute atomic E-state index is 11.5. The summed E-state index contributed by atoms with van der Waals surface area (Å²) in [6.07, 6.45) is 5.36. The average Bonchev–Trinajstić information content (AvgIpc) is 2.87. The summed E-state index contributed by atoms with van der Waals surface area (Å²) in [7, 11) is 0. The standard InChI is InChI=1S/C11H17N3OS/c1-2-8-7-14-9(16-8)3-6-13-10(15)11(12)4-5-11/h7H,2-6,12H2,1H3,(H,13,15). The molecular weight excluding hydrogens is 222 g/mol. The molecule has 3 N–H and O–H groups in total. The van der Waals surface area contributed by atoms with E-state index in [1.807, 2.05) is 6.20 Å². The molecule has 88 valence electrons. The first kappa shape index (κ1) is 11.5. The van der Waals surface area contributed by atoms with E-state index < -0.39 is 5.54 Å². The molecule has 1 aromatic heterocycles. The zero-order valence-corrected chi connectivity index (χ0v) is 10.3. The van der Waals surface area contributed by atoms with Gasteiger partial charge in [0.1, 0.15) is 0 Å². The summed E-state index contributed by atoms with van der Waals surface area (Å²) in [5.41, 5.74) is 5.21. The van der Waals surface area contributed by atoms with Gasteiger partial charge in [-0.05, 0) is 19.3 Å². The molecule has 1 fully saturated rings. The van der Waals surface area contributed by atoms with Crippen LogP contribution in [0.15, 0.2) is 6.20 Å². The molecule has 1 saturated carbocycles. The van der Waals surface area contributed by atoms with Crippen molar-refractivity contribution < 1.29 is 4.79 Å². The van der Waals surface area contributed by atoms with Crippen LogP contribution in [-0.2, 0) is 17.6 Å². The lowest BCUT2D eigenvalue weighted by Gasteiger charge is -2.08. The summed E-state index contributed by atoms with van der Waals surface area (Å²) in [6, 6.07) is 0. The summed E-state index contributed by atoms with van der Waals surface area (Å²) in [4.78, 5) is 17.1. The van der Waals surface area contributed by atoms with Crippen molar-refractivity contribution in [1.82, 2.24) is 10.3 Å². The Morgan fingerprint density at radius 1 is 1.69 bits per heavy atom. The number of nitrogens with one attached hydrogen (secondary N) is 1. The van der Waals surface area contributed by atoms with Gasteiger partial charge in [0.2, 0.25) is 5.91 Å². The van der Waals surface area contributed by atoms with E-state index in [0.717, 1.165) is 30.7 Å². The van der Waals surface area contributed by atoms with E-state index >= 15 is 0 Å². The Morgan fingerprint density at radius 2 is 2.44 bits per heavy atom. The van der Waals surface area contributed by atoms with Crippen molar-refractivity contribution in [2.45, 2.75) is 38.1 Å². The van der Waals surface area contributed by atoms with E-state index in [-0.39, 0.29) is 5.91 Å². The Hall–Kier alpha value is -0.940. The Kier molecular flexibility index (Phi) is 3.25. The molecule has 1 amide bonds. The summed E-state index contributed by atoms with van der Waals surface area (Å²) in [6.45, 7) is 2.75. The lowest BCUT2D eigenvalue weighted by molar-refractivity contribution is -0.123. The number of rotatable bonds is 5. The van der Waals surface area contributed by atoms with Gasteiger partial charge in [0, 0.05) is 24.0 Å². The second-order valence-electron chi connectivity index (χ2n) is 4.24. The Balaban J connectivity index is 1.73. The number of nitrogens with two attached hydrogens (primary N) is 1. The van der Waals surface area contributed by atoms with Gasteiger partial charge in [-0.2, -0.15) is 0 Å². The van der Waals surface area contributed by atoms with E-state index in [1.165, 1.54) is 4.88 Å². The highest BCUT2D eigenvalue weighted by molar-refractivity contribution is 7.11. The van der Waals surface area contributed by atoms with E-state index in [2.05, 4.69) is 17.2 Å². The van der Waals surface area contributed by atoms with Crippen LogP contribution in [0.2, 0.25) is 0 Å². The monoisotopic (exact) mass is 239 g/mol. The van der Waals surface area contributed by atoms with Crippen molar-refractivity contribution in [3.05, 3.63) is 16.1 Å². The minimum absolute atomic E-state index is 0.0141. The van der Waals surface area contributed by atoms with Crippen LogP contribution in [-0.4, -0.2) is 23.0 Å². The van der Waals surface area contributed by atoms with Crippen LogP contribution in [0.1, 0.15) is 29.7 Å². The molecule has 1 aliphatic rings. The molecule has 0 bridgehead atoms. The maximum atomic E-state index is 11.5. The first-order valence-electron chi connectivity index (χ1n) is 5.65. The lowest BCUT2D eigenvalue weighted by Crippen LogP contribution is -2.43. The third-order valence-corrected chi connectivity index (χ3v) is 4.02. The Labute approximate surface area is 99.3 Å².